The van der Waals surface area contributed by atoms with Crippen LogP contribution in [-0.2, 0) is 9.53 Å². The van der Waals surface area contributed by atoms with Crippen molar-refractivity contribution in [3.63, 3.8) is 0 Å². The van der Waals surface area contributed by atoms with Crippen LogP contribution in [0.25, 0.3) is 0 Å². The lowest BCUT2D eigenvalue weighted by Crippen LogP contribution is -2.50. The number of allylic oxidation sites excluding steroid dienone is 3. The summed E-state index contributed by atoms with van der Waals surface area (Å²) in [5.41, 5.74) is 2.88. The number of Topliss-reactive ketones (excluding diaryl/α,β-unsaturated/α-hetero) is 1. The zero-order valence-electron chi connectivity index (χ0n) is 17.6. The quantitative estimate of drug-likeness (QED) is 0.542. The molecule has 2 fully saturated rings. The van der Waals surface area contributed by atoms with Gasteiger partial charge in [-0.15, -0.1) is 6.58 Å². The van der Waals surface area contributed by atoms with Gasteiger partial charge in [-0.3, -0.25) is 4.79 Å². The number of carbonyl (C=O) groups excluding carboxylic acids is 1. The van der Waals surface area contributed by atoms with Crippen LogP contribution < -0.4 is 0 Å². The molecule has 0 radical (unpaired) electrons. The van der Waals surface area contributed by atoms with Gasteiger partial charge in [-0.05, 0) is 89.0 Å². The molecule has 0 aromatic heterocycles. The van der Waals surface area contributed by atoms with E-state index in [0.29, 0.717) is 29.6 Å². The second-order valence-corrected chi connectivity index (χ2v) is 10.1. The Labute approximate surface area is 160 Å². The molecule has 3 aliphatic carbocycles. The molecule has 26 heavy (non-hydrogen) atoms. The summed E-state index contributed by atoms with van der Waals surface area (Å²) in [5.74, 6) is 2.33. The Hall–Kier alpha value is -0.890. The van der Waals surface area contributed by atoms with E-state index < -0.39 is 0 Å². The van der Waals surface area contributed by atoms with Gasteiger partial charge in [-0.1, -0.05) is 25.5 Å². The normalized spacial score (nSPS) is 34.8. The van der Waals surface area contributed by atoms with E-state index >= 15 is 0 Å². The Bertz CT molecular complexity index is 592. The first-order chi connectivity index (χ1) is 12.2. The van der Waals surface area contributed by atoms with Crippen molar-refractivity contribution in [2.45, 2.75) is 97.7 Å². The lowest BCUT2D eigenvalue weighted by molar-refractivity contribution is -0.142. The van der Waals surface area contributed by atoms with Crippen LogP contribution in [0.2, 0.25) is 0 Å². The number of fused-ring (bicyclic) bond motifs is 3. The van der Waals surface area contributed by atoms with Gasteiger partial charge in [0.2, 0.25) is 0 Å². The van der Waals surface area contributed by atoms with Crippen LogP contribution in [0.1, 0.15) is 86.0 Å². The fourth-order valence-corrected chi connectivity index (χ4v) is 6.41. The first-order valence-electron chi connectivity index (χ1n) is 10.7. The van der Waals surface area contributed by atoms with E-state index in [4.69, 9.17) is 4.74 Å². The predicted octanol–water partition coefficient (Wildman–Crippen LogP) is 6.26. The van der Waals surface area contributed by atoms with Crippen molar-refractivity contribution < 1.29 is 9.53 Å². The van der Waals surface area contributed by atoms with E-state index in [1.165, 1.54) is 30.4 Å². The monoisotopic (exact) mass is 358 g/mol. The molecule has 0 N–H and O–H groups in total. The second kappa shape index (κ2) is 7.26. The highest BCUT2D eigenvalue weighted by molar-refractivity contribution is 5.97. The molecule has 0 heterocycles. The molecule has 0 aromatic carbocycles. The van der Waals surface area contributed by atoms with Gasteiger partial charge < -0.3 is 4.74 Å². The van der Waals surface area contributed by atoms with Crippen molar-refractivity contribution in [2.24, 2.45) is 23.2 Å². The summed E-state index contributed by atoms with van der Waals surface area (Å²) >= 11 is 0. The second-order valence-electron chi connectivity index (χ2n) is 10.1. The summed E-state index contributed by atoms with van der Waals surface area (Å²) < 4.78 is 6.63. The highest BCUT2D eigenvalue weighted by atomic mass is 16.5. The van der Waals surface area contributed by atoms with E-state index in [2.05, 4.69) is 41.2 Å². The van der Waals surface area contributed by atoms with Crippen LogP contribution in [-0.4, -0.2) is 17.5 Å². The summed E-state index contributed by atoms with van der Waals surface area (Å²) in [7, 11) is 0. The molecular weight excluding hydrogens is 320 g/mol. The first-order valence-corrected chi connectivity index (χ1v) is 10.7. The van der Waals surface area contributed by atoms with Crippen molar-refractivity contribution >= 4 is 5.78 Å². The highest BCUT2D eigenvalue weighted by Gasteiger charge is 2.58. The highest BCUT2D eigenvalue weighted by Crippen LogP contribution is 2.63. The fourth-order valence-electron chi connectivity index (χ4n) is 6.41. The first kappa shape index (κ1) is 19.9. The maximum atomic E-state index is 12.6. The van der Waals surface area contributed by atoms with E-state index in [9.17, 15) is 4.79 Å². The third kappa shape index (κ3) is 3.35. The molecular formula is C24H38O2. The molecule has 0 saturated heterocycles. The van der Waals surface area contributed by atoms with Gasteiger partial charge in [-0.2, -0.15) is 0 Å². The minimum atomic E-state index is -0.0881. The molecule has 2 saturated carbocycles. The fraction of sp³-hybridized carbons (Fsp3) is 0.792. The van der Waals surface area contributed by atoms with Gasteiger partial charge in [0.1, 0.15) is 0 Å². The number of ketones is 1. The van der Waals surface area contributed by atoms with E-state index in [-0.39, 0.29) is 11.0 Å². The Morgan fingerprint density at radius 2 is 1.96 bits per heavy atom. The van der Waals surface area contributed by atoms with Crippen molar-refractivity contribution in [3.05, 3.63) is 23.8 Å². The zero-order chi connectivity index (χ0) is 19.1. The SMILES string of the molecule is C=CCCC1=C2CC[C@@]3(C(C)C)C(OC(C)(C)C)CCC3C2CCC1=O. The minimum absolute atomic E-state index is 0.0881. The van der Waals surface area contributed by atoms with Crippen LogP contribution >= 0.6 is 0 Å². The average molecular weight is 359 g/mol. The van der Waals surface area contributed by atoms with Crippen molar-refractivity contribution in [2.75, 3.05) is 0 Å². The average Bonchev–Trinajstić information content (AvgIpc) is 2.92. The molecule has 2 nitrogen and oxygen atoms in total. The lowest BCUT2D eigenvalue weighted by atomic mass is 9.54. The van der Waals surface area contributed by atoms with Gasteiger partial charge in [0, 0.05) is 11.8 Å². The van der Waals surface area contributed by atoms with Gasteiger partial charge in [-0.25, -0.2) is 0 Å². The maximum absolute atomic E-state index is 12.6. The molecule has 0 aliphatic heterocycles. The Morgan fingerprint density at radius 1 is 1.23 bits per heavy atom. The molecule has 0 amide bonds. The maximum Gasteiger partial charge on any atom is 0.158 e. The van der Waals surface area contributed by atoms with E-state index in [0.717, 1.165) is 32.1 Å². The molecule has 0 spiro atoms. The van der Waals surface area contributed by atoms with E-state index in [1.807, 2.05) is 6.08 Å². The zero-order valence-corrected chi connectivity index (χ0v) is 17.6. The number of rotatable bonds is 5. The minimum Gasteiger partial charge on any atom is -0.372 e. The predicted molar refractivity (Wildman–Crippen MR) is 108 cm³/mol. The topological polar surface area (TPSA) is 26.3 Å². The molecule has 3 unspecified atom stereocenters. The molecule has 3 aliphatic rings. The summed E-state index contributed by atoms with van der Waals surface area (Å²) in [5, 5.41) is 0. The van der Waals surface area contributed by atoms with Crippen molar-refractivity contribution in [1.29, 1.82) is 0 Å². The molecule has 3 rings (SSSR count). The Kier molecular flexibility index (Phi) is 5.55. The molecule has 146 valence electrons. The summed E-state index contributed by atoms with van der Waals surface area (Å²) in [6.45, 7) is 15.2. The van der Waals surface area contributed by atoms with Gasteiger partial charge >= 0.3 is 0 Å². The third-order valence-corrected chi connectivity index (χ3v) is 7.37. The lowest BCUT2D eigenvalue weighted by Gasteiger charge is -2.53. The van der Waals surface area contributed by atoms with Gasteiger partial charge in [0.05, 0.1) is 11.7 Å². The summed E-state index contributed by atoms with van der Waals surface area (Å²) in [6.07, 6.45) is 10.7. The largest absolute Gasteiger partial charge is 0.372 e. The molecule has 2 heteroatoms. The van der Waals surface area contributed by atoms with Crippen LogP contribution in [0.4, 0.5) is 0 Å². The Morgan fingerprint density at radius 3 is 2.58 bits per heavy atom. The smallest absolute Gasteiger partial charge is 0.158 e. The van der Waals surface area contributed by atoms with Gasteiger partial charge in [0.25, 0.3) is 0 Å². The third-order valence-electron chi connectivity index (χ3n) is 7.37. The van der Waals surface area contributed by atoms with Crippen molar-refractivity contribution in [3.8, 4) is 0 Å². The molecule has 0 aromatic rings. The number of carbonyl (C=O) groups is 1. The van der Waals surface area contributed by atoms with E-state index in [1.54, 1.807) is 0 Å². The molecule has 0 bridgehead atoms. The summed E-state index contributed by atoms with van der Waals surface area (Å²) in [4.78, 5) is 12.6. The number of hydrogen-bond donors (Lipinski definition) is 0. The van der Waals surface area contributed by atoms with Gasteiger partial charge in [0.15, 0.2) is 5.78 Å². The standard InChI is InChI=1S/C24H38O2/c1-7-8-9-19-17-14-15-24(16(2)3)20(18(17)10-12-21(19)25)11-13-22(24)26-23(4,5)6/h7,16,18,20,22H,1,8-15H2,2-6H3/t18?,20?,22?,24-/m0/s1. The number of ether oxygens (including phenoxy) is 1. The van der Waals surface area contributed by atoms with Crippen LogP contribution in [0.3, 0.4) is 0 Å². The Balaban J connectivity index is 1.95. The van der Waals surface area contributed by atoms with Crippen molar-refractivity contribution in [1.82, 2.24) is 0 Å². The summed E-state index contributed by atoms with van der Waals surface area (Å²) in [6, 6.07) is 0. The van der Waals surface area contributed by atoms with Crippen LogP contribution in [0.5, 0.6) is 0 Å². The van der Waals surface area contributed by atoms with Crippen LogP contribution in [0, 0.1) is 23.2 Å². The molecule has 4 atom stereocenters. The van der Waals surface area contributed by atoms with Crippen LogP contribution in [0.15, 0.2) is 23.8 Å². The number of hydrogen-bond acceptors (Lipinski definition) is 2.